The van der Waals surface area contributed by atoms with Crippen molar-refractivity contribution >= 4 is 26.5 Å². The highest BCUT2D eigenvalue weighted by atomic mass is 32.2. The minimum Gasteiger partial charge on any atom is -0.497 e. The molecule has 124 valence electrons. The number of rotatable bonds is 6. The van der Waals surface area contributed by atoms with E-state index in [4.69, 9.17) is 4.74 Å². The summed E-state index contributed by atoms with van der Waals surface area (Å²) in [6, 6.07) is 6.54. The molecule has 2 heterocycles. The third-order valence-electron chi connectivity index (χ3n) is 3.92. The molecule has 1 N–H and O–H groups in total. The third-order valence-corrected chi connectivity index (χ3v) is 6.17. The van der Waals surface area contributed by atoms with Gasteiger partial charge in [0.1, 0.15) is 5.75 Å². The van der Waals surface area contributed by atoms with E-state index in [2.05, 4.69) is 14.6 Å². The highest BCUT2D eigenvalue weighted by molar-refractivity contribution is 7.89. The minimum atomic E-state index is -3.51. The van der Waals surface area contributed by atoms with E-state index in [1.807, 2.05) is 5.38 Å². The van der Waals surface area contributed by atoms with Crippen molar-refractivity contribution in [1.82, 2.24) is 9.71 Å². The van der Waals surface area contributed by atoms with E-state index < -0.39 is 10.0 Å². The number of anilines is 1. The Bertz CT molecular complexity index is 730. The van der Waals surface area contributed by atoms with Gasteiger partial charge in [-0.1, -0.05) is 0 Å². The molecule has 0 aliphatic carbocycles. The van der Waals surface area contributed by atoms with E-state index in [0.717, 1.165) is 24.5 Å². The maximum absolute atomic E-state index is 12.4. The summed E-state index contributed by atoms with van der Waals surface area (Å²) in [5.74, 6) is 0.634. The number of aromatic nitrogens is 1. The van der Waals surface area contributed by atoms with Gasteiger partial charge < -0.3 is 9.64 Å². The molecule has 3 rings (SSSR count). The number of nitrogens with zero attached hydrogens (tertiary/aromatic N) is 2. The van der Waals surface area contributed by atoms with Gasteiger partial charge in [-0.05, 0) is 37.1 Å². The molecule has 8 heteroatoms. The van der Waals surface area contributed by atoms with Crippen LogP contribution in [-0.2, 0) is 10.0 Å². The lowest BCUT2D eigenvalue weighted by Gasteiger charge is -2.24. The van der Waals surface area contributed by atoms with Gasteiger partial charge in [-0.25, -0.2) is 18.1 Å². The number of benzene rings is 1. The number of ether oxygens (including phenoxy) is 1. The van der Waals surface area contributed by atoms with Crippen LogP contribution in [-0.4, -0.2) is 39.6 Å². The van der Waals surface area contributed by atoms with Crippen molar-refractivity contribution in [2.75, 3.05) is 25.1 Å². The number of sulfonamides is 1. The molecular weight excluding hydrogens is 334 g/mol. The summed E-state index contributed by atoms with van der Waals surface area (Å²) in [5, 5.41) is 2.89. The van der Waals surface area contributed by atoms with Crippen LogP contribution in [0.3, 0.4) is 0 Å². The molecule has 2 aromatic rings. The van der Waals surface area contributed by atoms with Crippen LogP contribution in [0.1, 0.15) is 12.8 Å². The molecule has 23 heavy (non-hydrogen) atoms. The molecule has 1 fully saturated rings. The molecule has 1 aliphatic rings. The highest BCUT2D eigenvalue weighted by Gasteiger charge is 2.27. The average molecular weight is 353 g/mol. The fourth-order valence-corrected chi connectivity index (χ4v) is 4.52. The lowest BCUT2D eigenvalue weighted by atomic mass is 10.2. The first-order valence-electron chi connectivity index (χ1n) is 7.40. The van der Waals surface area contributed by atoms with Crippen molar-refractivity contribution in [3.8, 4) is 5.75 Å². The van der Waals surface area contributed by atoms with Gasteiger partial charge in [0.2, 0.25) is 10.0 Å². The zero-order valence-corrected chi connectivity index (χ0v) is 14.4. The van der Waals surface area contributed by atoms with Crippen LogP contribution in [0, 0.1) is 0 Å². The molecule has 0 amide bonds. The second-order valence-corrected chi connectivity index (χ2v) is 7.97. The summed E-state index contributed by atoms with van der Waals surface area (Å²) < 4.78 is 32.6. The van der Waals surface area contributed by atoms with Crippen molar-refractivity contribution in [2.24, 2.45) is 0 Å². The van der Waals surface area contributed by atoms with Crippen molar-refractivity contribution in [1.29, 1.82) is 0 Å². The second-order valence-electron chi connectivity index (χ2n) is 5.33. The number of hydrogen-bond acceptors (Lipinski definition) is 6. The quantitative estimate of drug-likeness (QED) is 0.861. The molecule has 1 aromatic carbocycles. The topological polar surface area (TPSA) is 71.5 Å². The molecule has 0 bridgehead atoms. The van der Waals surface area contributed by atoms with Crippen LogP contribution in [0.4, 0.5) is 5.13 Å². The number of nitrogens with one attached hydrogen (secondary N) is 1. The van der Waals surface area contributed by atoms with Gasteiger partial charge in [-0.3, -0.25) is 0 Å². The Morgan fingerprint density at radius 1 is 1.39 bits per heavy atom. The first-order chi connectivity index (χ1) is 11.1. The van der Waals surface area contributed by atoms with Crippen LogP contribution in [0.15, 0.2) is 40.7 Å². The largest absolute Gasteiger partial charge is 0.497 e. The lowest BCUT2D eigenvalue weighted by molar-refractivity contribution is 0.414. The lowest BCUT2D eigenvalue weighted by Crippen LogP contribution is -2.40. The Kier molecular flexibility index (Phi) is 4.84. The minimum absolute atomic E-state index is 0.147. The monoisotopic (exact) mass is 353 g/mol. The molecule has 1 aliphatic heterocycles. The normalized spacial score (nSPS) is 18.3. The zero-order chi connectivity index (χ0) is 16.3. The highest BCUT2D eigenvalue weighted by Crippen LogP contribution is 2.27. The molecule has 0 spiro atoms. The van der Waals surface area contributed by atoms with Crippen LogP contribution in [0.5, 0.6) is 5.75 Å². The average Bonchev–Trinajstić information content (AvgIpc) is 3.24. The summed E-state index contributed by atoms with van der Waals surface area (Å²) in [6.07, 6.45) is 3.79. The van der Waals surface area contributed by atoms with Gasteiger partial charge in [-0.2, -0.15) is 0 Å². The molecule has 1 saturated heterocycles. The first kappa shape index (κ1) is 16.2. The van der Waals surface area contributed by atoms with E-state index in [1.54, 1.807) is 48.9 Å². The summed E-state index contributed by atoms with van der Waals surface area (Å²) in [5.41, 5.74) is 0. The Morgan fingerprint density at radius 2 is 2.17 bits per heavy atom. The Balaban J connectivity index is 1.66. The Hall–Kier alpha value is -1.64. The summed E-state index contributed by atoms with van der Waals surface area (Å²) in [4.78, 5) is 6.75. The Morgan fingerprint density at radius 3 is 2.83 bits per heavy atom. The molecule has 6 nitrogen and oxygen atoms in total. The van der Waals surface area contributed by atoms with Gasteiger partial charge in [0.25, 0.3) is 0 Å². The predicted octanol–water partition coefficient (Wildman–Crippen LogP) is 2.10. The molecule has 1 atom stereocenters. The molecule has 1 aromatic heterocycles. The third kappa shape index (κ3) is 3.65. The van der Waals surface area contributed by atoms with Crippen LogP contribution in [0.2, 0.25) is 0 Å². The SMILES string of the molecule is COc1ccc(S(=O)(=O)NCC2CCCN2c2nccs2)cc1. The molecule has 0 saturated carbocycles. The van der Waals surface area contributed by atoms with E-state index in [9.17, 15) is 8.42 Å². The number of methoxy groups -OCH3 is 1. The summed E-state index contributed by atoms with van der Waals surface area (Å²) in [6.45, 7) is 1.30. The van der Waals surface area contributed by atoms with Crippen molar-refractivity contribution in [3.05, 3.63) is 35.8 Å². The van der Waals surface area contributed by atoms with Gasteiger partial charge in [0.15, 0.2) is 5.13 Å². The fraction of sp³-hybridized carbons (Fsp3) is 0.400. The van der Waals surface area contributed by atoms with Gasteiger partial charge >= 0.3 is 0 Å². The van der Waals surface area contributed by atoms with E-state index in [1.165, 1.54) is 0 Å². The first-order valence-corrected chi connectivity index (χ1v) is 9.76. The summed E-state index contributed by atoms with van der Waals surface area (Å²) in [7, 11) is -1.96. The Labute approximate surface area is 140 Å². The number of hydrogen-bond donors (Lipinski definition) is 1. The van der Waals surface area contributed by atoms with Crippen molar-refractivity contribution in [2.45, 2.75) is 23.8 Å². The maximum atomic E-state index is 12.4. The van der Waals surface area contributed by atoms with Gasteiger partial charge in [0, 0.05) is 30.7 Å². The maximum Gasteiger partial charge on any atom is 0.240 e. The zero-order valence-electron chi connectivity index (χ0n) is 12.8. The fourth-order valence-electron chi connectivity index (χ4n) is 2.70. The van der Waals surface area contributed by atoms with E-state index in [0.29, 0.717) is 12.3 Å². The van der Waals surface area contributed by atoms with Crippen LogP contribution in [0.25, 0.3) is 0 Å². The van der Waals surface area contributed by atoms with Crippen LogP contribution >= 0.6 is 11.3 Å². The van der Waals surface area contributed by atoms with Crippen molar-refractivity contribution < 1.29 is 13.2 Å². The number of thiazole rings is 1. The smallest absolute Gasteiger partial charge is 0.240 e. The second kappa shape index (κ2) is 6.86. The predicted molar refractivity (Wildman–Crippen MR) is 90.7 cm³/mol. The van der Waals surface area contributed by atoms with E-state index >= 15 is 0 Å². The van der Waals surface area contributed by atoms with Gasteiger partial charge in [-0.15, -0.1) is 11.3 Å². The molecule has 1 unspecified atom stereocenters. The van der Waals surface area contributed by atoms with Gasteiger partial charge in [0.05, 0.1) is 12.0 Å². The standard InChI is InChI=1S/C15H19N3O3S2/c1-21-13-4-6-14(7-5-13)23(19,20)17-11-12-3-2-9-18(12)15-16-8-10-22-15/h4-8,10,12,17H,2-3,9,11H2,1H3. The van der Waals surface area contributed by atoms with E-state index in [-0.39, 0.29) is 10.9 Å². The molecule has 0 radical (unpaired) electrons. The van der Waals surface area contributed by atoms with Crippen molar-refractivity contribution in [3.63, 3.8) is 0 Å². The molecular formula is C15H19N3O3S2. The summed E-state index contributed by atoms with van der Waals surface area (Å²) >= 11 is 1.58. The van der Waals surface area contributed by atoms with Crippen LogP contribution < -0.4 is 14.4 Å².